The second kappa shape index (κ2) is 3.01. The maximum absolute atomic E-state index is 4.37. The maximum atomic E-state index is 4.37. The van der Waals surface area contributed by atoms with Crippen molar-refractivity contribution in [3.8, 4) is 11.3 Å². The highest BCUT2D eigenvalue weighted by Crippen LogP contribution is 2.19. The van der Waals surface area contributed by atoms with E-state index in [1.807, 2.05) is 30.1 Å². The Kier molecular flexibility index (Phi) is 1.85. The Bertz CT molecular complexity index is 403. The highest BCUT2D eigenvalue weighted by Gasteiger charge is 2.04. The molecule has 13 heavy (non-hydrogen) atoms. The van der Waals surface area contributed by atoms with Crippen LogP contribution in [-0.4, -0.2) is 14.8 Å². The molecule has 0 N–H and O–H groups in total. The number of pyridine rings is 1. The van der Waals surface area contributed by atoms with Gasteiger partial charge in [0.25, 0.3) is 0 Å². The Balaban J connectivity index is 2.53. The van der Waals surface area contributed by atoms with Gasteiger partial charge in [0.05, 0.1) is 5.69 Å². The van der Waals surface area contributed by atoms with Gasteiger partial charge in [-0.25, -0.2) is 0 Å². The summed E-state index contributed by atoms with van der Waals surface area (Å²) in [4.78, 5) is 3.97. The first-order valence-corrected chi connectivity index (χ1v) is 4.18. The first-order chi connectivity index (χ1) is 6.27. The summed E-state index contributed by atoms with van der Waals surface area (Å²) in [6, 6.07) is 3.94. The van der Waals surface area contributed by atoms with Crippen LogP contribution in [0.25, 0.3) is 11.3 Å². The zero-order chi connectivity index (χ0) is 9.26. The lowest BCUT2D eigenvalue weighted by molar-refractivity contribution is 0.770. The van der Waals surface area contributed by atoms with Crippen LogP contribution in [0, 0.1) is 6.92 Å². The largest absolute Gasteiger partial charge is 0.275 e. The fourth-order valence-electron chi connectivity index (χ4n) is 1.40. The van der Waals surface area contributed by atoms with Gasteiger partial charge < -0.3 is 0 Å². The van der Waals surface area contributed by atoms with Crippen molar-refractivity contribution >= 4 is 0 Å². The molecule has 0 saturated carbocycles. The normalized spacial score (nSPS) is 10.3. The Labute approximate surface area is 77.0 Å². The molecule has 0 amide bonds. The highest BCUT2D eigenvalue weighted by molar-refractivity contribution is 5.61. The fourth-order valence-corrected chi connectivity index (χ4v) is 1.40. The van der Waals surface area contributed by atoms with Gasteiger partial charge in [-0.1, -0.05) is 0 Å². The van der Waals surface area contributed by atoms with Gasteiger partial charge in [0.1, 0.15) is 0 Å². The number of aryl methyl sites for hydroxylation is 2. The third kappa shape index (κ3) is 1.45. The number of aromatic nitrogens is 3. The van der Waals surface area contributed by atoms with E-state index in [1.54, 1.807) is 12.4 Å². The van der Waals surface area contributed by atoms with Gasteiger partial charge in [-0.3, -0.25) is 9.67 Å². The molecule has 0 bridgehead atoms. The third-order valence-corrected chi connectivity index (χ3v) is 1.97. The number of rotatable bonds is 1. The highest BCUT2D eigenvalue weighted by atomic mass is 15.2. The van der Waals surface area contributed by atoms with Crippen molar-refractivity contribution in [2.24, 2.45) is 7.05 Å². The first-order valence-electron chi connectivity index (χ1n) is 4.18. The molecule has 3 heteroatoms. The molecule has 0 aromatic carbocycles. The zero-order valence-electron chi connectivity index (χ0n) is 7.73. The quantitative estimate of drug-likeness (QED) is 0.658. The Hall–Kier alpha value is -1.64. The Morgan fingerprint density at radius 1 is 1.23 bits per heavy atom. The van der Waals surface area contributed by atoms with E-state index in [1.165, 1.54) is 5.56 Å². The van der Waals surface area contributed by atoms with E-state index >= 15 is 0 Å². The smallest absolute Gasteiger partial charge is 0.0953 e. The number of hydrogen-bond acceptors (Lipinski definition) is 2. The van der Waals surface area contributed by atoms with Gasteiger partial charge in [0.2, 0.25) is 0 Å². The van der Waals surface area contributed by atoms with E-state index in [9.17, 15) is 0 Å². The average Bonchev–Trinajstić information content (AvgIpc) is 2.47. The van der Waals surface area contributed by atoms with Crippen molar-refractivity contribution in [1.29, 1.82) is 0 Å². The molecule has 2 aromatic rings. The van der Waals surface area contributed by atoms with Crippen molar-refractivity contribution in [3.05, 3.63) is 36.3 Å². The summed E-state index contributed by atoms with van der Waals surface area (Å²) in [6.07, 6.45) is 5.57. The molecule has 2 rings (SSSR count). The van der Waals surface area contributed by atoms with Crippen molar-refractivity contribution in [3.63, 3.8) is 0 Å². The number of nitrogens with zero attached hydrogens (tertiary/aromatic N) is 3. The van der Waals surface area contributed by atoms with Gasteiger partial charge in [-0.15, -0.1) is 0 Å². The van der Waals surface area contributed by atoms with Crippen LogP contribution in [0.2, 0.25) is 0 Å². The van der Waals surface area contributed by atoms with Crippen LogP contribution in [0.1, 0.15) is 5.56 Å². The van der Waals surface area contributed by atoms with Crippen LogP contribution in [-0.2, 0) is 7.05 Å². The summed E-state index contributed by atoms with van der Waals surface area (Å²) in [6.45, 7) is 2.06. The molecule has 3 nitrogen and oxygen atoms in total. The fraction of sp³-hybridized carbons (Fsp3) is 0.200. The minimum Gasteiger partial charge on any atom is -0.275 e. The van der Waals surface area contributed by atoms with E-state index in [4.69, 9.17) is 0 Å². The topological polar surface area (TPSA) is 30.7 Å². The molecule has 0 fully saturated rings. The summed E-state index contributed by atoms with van der Waals surface area (Å²) >= 11 is 0. The van der Waals surface area contributed by atoms with E-state index in [0.717, 1.165) is 11.3 Å². The predicted molar refractivity (Wildman–Crippen MR) is 51.2 cm³/mol. The molecule has 0 saturated heterocycles. The molecule has 0 aliphatic heterocycles. The van der Waals surface area contributed by atoms with E-state index < -0.39 is 0 Å². The maximum Gasteiger partial charge on any atom is 0.0953 e. The zero-order valence-corrected chi connectivity index (χ0v) is 7.73. The molecule has 66 valence electrons. The molecule has 0 spiro atoms. The number of hydrogen-bond donors (Lipinski definition) is 0. The van der Waals surface area contributed by atoms with Crippen molar-refractivity contribution in [2.45, 2.75) is 6.92 Å². The standard InChI is InChI=1S/C10H11N3/c1-8-7-13(2)12-10(8)9-3-5-11-6-4-9/h3-7H,1-2H3. The SMILES string of the molecule is Cc1cn(C)nc1-c1ccncc1. The average molecular weight is 173 g/mol. The molecule has 0 unspecified atom stereocenters. The summed E-state index contributed by atoms with van der Waals surface area (Å²) < 4.78 is 1.82. The monoisotopic (exact) mass is 173 g/mol. The second-order valence-corrected chi connectivity index (χ2v) is 3.07. The molecular weight excluding hydrogens is 162 g/mol. The molecule has 2 heterocycles. The second-order valence-electron chi connectivity index (χ2n) is 3.07. The third-order valence-electron chi connectivity index (χ3n) is 1.97. The van der Waals surface area contributed by atoms with Crippen molar-refractivity contribution in [2.75, 3.05) is 0 Å². The van der Waals surface area contributed by atoms with Gasteiger partial charge in [-0.05, 0) is 24.6 Å². The van der Waals surface area contributed by atoms with Crippen LogP contribution in [0.3, 0.4) is 0 Å². The molecule has 0 aliphatic carbocycles. The van der Waals surface area contributed by atoms with Crippen molar-refractivity contribution in [1.82, 2.24) is 14.8 Å². The van der Waals surface area contributed by atoms with Crippen LogP contribution >= 0.6 is 0 Å². The van der Waals surface area contributed by atoms with Gasteiger partial charge >= 0.3 is 0 Å². The van der Waals surface area contributed by atoms with Gasteiger partial charge in [0.15, 0.2) is 0 Å². The van der Waals surface area contributed by atoms with Crippen LogP contribution in [0.15, 0.2) is 30.7 Å². The van der Waals surface area contributed by atoms with Crippen LogP contribution in [0.4, 0.5) is 0 Å². The Morgan fingerprint density at radius 3 is 2.46 bits per heavy atom. The molecule has 0 aliphatic rings. The van der Waals surface area contributed by atoms with E-state index in [2.05, 4.69) is 17.0 Å². The summed E-state index contributed by atoms with van der Waals surface area (Å²) in [5.74, 6) is 0. The molecule has 0 atom stereocenters. The lowest BCUT2D eigenvalue weighted by Gasteiger charge is -1.95. The molecule has 0 radical (unpaired) electrons. The van der Waals surface area contributed by atoms with Gasteiger partial charge in [0, 0.05) is 31.2 Å². The Morgan fingerprint density at radius 2 is 1.92 bits per heavy atom. The molecule has 2 aromatic heterocycles. The van der Waals surface area contributed by atoms with Crippen LogP contribution < -0.4 is 0 Å². The minimum atomic E-state index is 1.03. The minimum absolute atomic E-state index is 1.03. The summed E-state index contributed by atoms with van der Waals surface area (Å²) in [5, 5.41) is 4.37. The summed E-state index contributed by atoms with van der Waals surface area (Å²) in [7, 11) is 1.93. The lowest BCUT2D eigenvalue weighted by atomic mass is 10.1. The van der Waals surface area contributed by atoms with E-state index in [0.29, 0.717) is 0 Å². The molecular formula is C10H11N3. The van der Waals surface area contributed by atoms with E-state index in [-0.39, 0.29) is 0 Å². The first kappa shape index (κ1) is 7.98. The predicted octanol–water partition coefficient (Wildman–Crippen LogP) is 1.79. The van der Waals surface area contributed by atoms with Crippen LogP contribution in [0.5, 0.6) is 0 Å². The van der Waals surface area contributed by atoms with Gasteiger partial charge in [-0.2, -0.15) is 5.10 Å². The van der Waals surface area contributed by atoms with Crippen molar-refractivity contribution < 1.29 is 0 Å². The summed E-state index contributed by atoms with van der Waals surface area (Å²) in [5.41, 5.74) is 3.34. The lowest BCUT2D eigenvalue weighted by Crippen LogP contribution is -1.87.